The third kappa shape index (κ3) is 5.51. The molecule has 8 nitrogen and oxygen atoms in total. The van der Waals surface area contributed by atoms with Crippen molar-refractivity contribution in [1.82, 2.24) is 0 Å². The van der Waals surface area contributed by atoms with Crippen LogP contribution in [-0.4, -0.2) is 44.5 Å². The summed E-state index contributed by atoms with van der Waals surface area (Å²) in [5, 5.41) is 39.7. The first-order valence-electron chi connectivity index (χ1n) is 14.7. The molecule has 5 rings (SSSR count). The minimum atomic E-state index is -0.685. The summed E-state index contributed by atoms with van der Waals surface area (Å²) in [6, 6.07) is 4.45. The van der Waals surface area contributed by atoms with Crippen molar-refractivity contribution in [2.75, 3.05) is 5.73 Å². The van der Waals surface area contributed by atoms with E-state index in [2.05, 4.69) is 20.8 Å². The van der Waals surface area contributed by atoms with E-state index >= 15 is 0 Å². The number of aromatic hydroxyl groups is 1. The highest BCUT2D eigenvalue weighted by Crippen LogP contribution is 2.68. The van der Waals surface area contributed by atoms with Crippen molar-refractivity contribution in [2.45, 2.75) is 97.2 Å². The summed E-state index contributed by atoms with van der Waals surface area (Å²) >= 11 is 0. The van der Waals surface area contributed by atoms with E-state index in [-0.39, 0.29) is 46.5 Å². The molecule has 1 aromatic rings. The van der Waals surface area contributed by atoms with Gasteiger partial charge in [0, 0.05) is 6.42 Å². The second-order valence-electron chi connectivity index (χ2n) is 13.5. The molecule has 4 saturated carbocycles. The lowest BCUT2D eigenvalue weighted by Gasteiger charge is -2.62. The Labute approximate surface area is 232 Å². The minimum absolute atomic E-state index is 0.0463. The number of nitrogens with two attached hydrogens (primary N) is 2. The molecular formula is C31H48N2O6. The van der Waals surface area contributed by atoms with Gasteiger partial charge in [-0.1, -0.05) is 26.8 Å². The predicted octanol–water partition coefficient (Wildman–Crippen LogP) is 4.55. The number of phenols is 1. The second kappa shape index (κ2) is 11.3. The number of carboxylic acid groups (broad SMARTS) is 1. The normalized spacial score (nSPS) is 39.8. The highest BCUT2D eigenvalue weighted by Gasteiger charge is 2.62. The number of fused-ring (bicyclic) bond motifs is 5. The Bertz CT molecular complexity index is 1060. The number of carboxylic acids is 1. The Morgan fingerprint density at radius 3 is 2.33 bits per heavy atom. The van der Waals surface area contributed by atoms with Crippen LogP contribution in [0.15, 0.2) is 18.2 Å². The molecule has 0 heterocycles. The van der Waals surface area contributed by atoms with Gasteiger partial charge in [0.2, 0.25) is 0 Å². The van der Waals surface area contributed by atoms with Gasteiger partial charge in [0.25, 0.3) is 5.91 Å². The Morgan fingerprint density at radius 1 is 1.03 bits per heavy atom. The molecule has 0 radical (unpaired) electrons. The predicted molar refractivity (Wildman–Crippen MR) is 150 cm³/mol. The summed E-state index contributed by atoms with van der Waals surface area (Å²) in [6.07, 6.45) is 9.19. The van der Waals surface area contributed by atoms with Gasteiger partial charge in [-0.3, -0.25) is 9.59 Å². The van der Waals surface area contributed by atoms with Crippen molar-refractivity contribution < 1.29 is 30.0 Å². The van der Waals surface area contributed by atoms with Crippen molar-refractivity contribution in [2.24, 2.45) is 52.1 Å². The number of rotatable bonds is 5. The Kier molecular flexibility index (Phi) is 8.58. The molecule has 4 aliphatic carbocycles. The van der Waals surface area contributed by atoms with Crippen LogP contribution in [0.3, 0.4) is 0 Å². The smallest absolute Gasteiger partial charge is 0.303 e. The summed E-state index contributed by atoms with van der Waals surface area (Å²) in [7, 11) is 0. The van der Waals surface area contributed by atoms with Gasteiger partial charge in [0.05, 0.1) is 23.5 Å². The van der Waals surface area contributed by atoms with Crippen LogP contribution in [0.1, 0.15) is 95.3 Å². The van der Waals surface area contributed by atoms with Crippen molar-refractivity contribution in [1.29, 1.82) is 0 Å². The number of carbonyl (C=O) groups is 2. The van der Waals surface area contributed by atoms with E-state index in [1.165, 1.54) is 37.8 Å². The number of nitrogen functional groups attached to an aromatic ring is 1. The molecule has 0 aromatic heterocycles. The SMILES string of the molecule is C[C@H](CCC(=O)O)[C@H]1CC[C@H]2[C@@H]3[C@H](O)CC4C[C@H](O)CC[C@]4(C)[C@H]3CC[C@]12C.NC(=O)c1cccc(N)c1O. The molecule has 39 heavy (non-hydrogen) atoms. The number of aliphatic carboxylic acids is 1. The lowest BCUT2D eigenvalue weighted by atomic mass is 9.43. The summed E-state index contributed by atoms with van der Waals surface area (Å²) in [5.41, 5.74) is 11.0. The Balaban J connectivity index is 0.000000270. The summed E-state index contributed by atoms with van der Waals surface area (Å²) in [5.74, 6) is 1.42. The van der Waals surface area contributed by atoms with Crippen molar-refractivity contribution >= 4 is 17.6 Å². The quantitative estimate of drug-likeness (QED) is 0.233. The van der Waals surface area contributed by atoms with Gasteiger partial charge in [0.15, 0.2) is 5.75 Å². The second-order valence-corrected chi connectivity index (χ2v) is 13.5. The zero-order valence-electron chi connectivity index (χ0n) is 23.7. The molecule has 1 unspecified atom stereocenters. The van der Waals surface area contributed by atoms with Gasteiger partial charge in [-0.05, 0) is 116 Å². The summed E-state index contributed by atoms with van der Waals surface area (Å²) in [4.78, 5) is 21.6. The molecule has 1 amide bonds. The number of hydrogen-bond acceptors (Lipinski definition) is 6. The maximum absolute atomic E-state index is 11.2. The van der Waals surface area contributed by atoms with Crippen LogP contribution in [-0.2, 0) is 4.79 Å². The molecule has 1 aromatic carbocycles. The van der Waals surface area contributed by atoms with E-state index in [0.29, 0.717) is 35.5 Å². The lowest BCUT2D eigenvalue weighted by molar-refractivity contribution is -0.174. The van der Waals surface area contributed by atoms with Crippen LogP contribution in [0.4, 0.5) is 5.69 Å². The molecule has 4 fully saturated rings. The number of benzene rings is 1. The molecule has 0 saturated heterocycles. The number of primary amides is 1. The first kappa shape index (κ1) is 29.7. The summed E-state index contributed by atoms with van der Waals surface area (Å²) < 4.78 is 0. The number of para-hydroxylation sites is 1. The van der Waals surface area contributed by atoms with Gasteiger partial charge < -0.3 is 31.9 Å². The Morgan fingerprint density at radius 2 is 1.69 bits per heavy atom. The molecule has 0 aliphatic heterocycles. The van der Waals surface area contributed by atoms with Crippen LogP contribution in [0.25, 0.3) is 0 Å². The van der Waals surface area contributed by atoms with Crippen LogP contribution in [0.2, 0.25) is 0 Å². The fourth-order valence-electron chi connectivity index (χ4n) is 9.49. The minimum Gasteiger partial charge on any atom is -0.505 e. The number of carbonyl (C=O) groups excluding carboxylic acids is 1. The molecule has 8 heteroatoms. The summed E-state index contributed by atoms with van der Waals surface area (Å²) in [6.45, 7) is 7.16. The molecule has 0 bridgehead atoms. The molecule has 8 N–H and O–H groups in total. The molecule has 4 aliphatic rings. The number of hydrogen-bond donors (Lipinski definition) is 6. The van der Waals surface area contributed by atoms with E-state index in [0.717, 1.165) is 32.1 Å². The standard InChI is InChI=1S/C24H40O4.C7H8N2O2/c1-14(4-7-21(27)28)17-5-6-18-22-19(9-11-24(17,18)3)23(2)10-8-16(25)12-15(23)13-20(22)26;8-5-3-1-2-4(6(5)10)7(9)11/h14-20,22,25-26H,4-13H2,1-3H3,(H,27,28);1-3,10H,8H2,(H2,9,11)/t14-,15?,16-,17-,18+,19+,20-,22+,23+,24-;/m1./s1. The molecule has 10 atom stereocenters. The van der Waals surface area contributed by atoms with Gasteiger partial charge in [-0.15, -0.1) is 0 Å². The number of anilines is 1. The van der Waals surface area contributed by atoms with E-state index in [1.807, 2.05) is 0 Å². The third-order valence-electron chi connectivity index (χ3n) is 11.6. The van der Waals surface area contributed by atoms with Gasteiger partial charge in [-0.25, -0.2) is 0 Å². The third-order valence-corrected chi connectivity index (χ3v) is 11.6. The van der Waals surface area contributed by atoms with E-state index in [4.69, 9.17) is 21.7 Å². The fourth-order valence-corrected chi connectivity index (χ4v) is 9.49. The molecular weight excluding hydrogens is 496 g/mol. The maximum Gasteiger partial charge on any atom is 0.303 e. The lowest BCUT2D eigenvalue weighted by Crippen LogP contribution is -2.58. The monoisotopic (exact) mass is 544 g/mol. The van der Waals surface area contributed by atoms with E-state index in [1.54, 1.807) is 6.07 Å². The van der Waals surface area contributed by atoms with Crippen molar-refractivity contribution in [3.05, 3.63) is 23.8 Å². The van der Waals surface area contributed by atoms with Crippen LogP contribution in [0.5, 0.6) is 5.75 Å². The first-order chi connectivity index (χ1) is 18.3. The zero-order chi connectivity index (χ0) is 28.7. The van der Waals surface area contributed by atoms with E-state index < -0.39 is 11.9 Å². The average molecular weight is 545 g/mol. The highest BCUT2D eigenvalue weighted by atomic mass is 16.4. The van der Waals surface area contributed by atoms with Gasteiger partial charge in [0.1, 0.15) is 0 Å². The van der Waals surface area contributed by atoms with Crippen LogP contribution in [0, 0.1) is 46.3 Å². The average Bonchev–Trinajstić information content (AvgIpc) is 3.22. The Hall–Kier alpha value is -2.32. The first-order valence-corrected chi connectivity index (χ1v) is 14.7. The number of amides is 1. The van der Waals surface area contributed by atoms with Gasteiger partial charge >= 0.3 is 5.97 Å². The van der Waals surface area contributed by atoms with Gasteiger partial charge in [-0.2, -0.15) is 0 Å². The van der Waals surface area contributed by atoms with Crippen molar-refractivity contribution in [3.8, 4) is 5.75 Å². The fraction of sp³-hybridized carbons (Fsp3) is 0.742. The zero-order valence-corrected chi connectivity index (χ0v) is 23.7. The molecule has 218 valence electrons. The number of aliphatic hydroxyl groups is 2. The number of aliphatic hydroxyl groups excluding tert-OH is 2. The van der Waals surface area contributed by atoms with Crippen molar-refractivity contribution in [3.63, 3.8) is 0 Å². The van der Waals surface area contributed by atoms with Crippen LogP contribution >= 0.6 is 0 Å². The van der Waals surface area contributed by atoms with E-state index in [9.17, 15) is 19.8 Å². The molecule has 0 spiro atoms. The van der Waals surface area contributed by atoms with Crippen LogP contribution < -0.4 is 11.5 Å². The maximum atomic E-state index is 11.2. The largest absolute Gasteiger partial charge is 0.505 e. The topological polar surface area (TPSA) is 167 Å². The highest BCUT2D eigenvalue weighted by molar-refractivity contribution is 5.97.